The number of hydrogen-bond acceptors (Lipinski definition) is 4. The number of halogens is 1. The molecule has 0 aliphatic rings. The van der Waals surface area contributed by atoms with Gasteiger partial charge in [0.05, 0.1) is 10.7 Å². The molecule has 0 saturated carbocycles. The monoisotopic (exact) mass is 267 g/mol. The molecule has 0 aromatic carbocycles. The van der Waals surface area contributed by atoms with Gasteiger partial charge in [-0.1, -0.05) is 0 Å². The molecule has 5 nitrogen and oxygen atoms in total. The van der Waals surface area contributed by atoms with Crippen molar-refractivity contribution in [2.24, 2.45) is 0 Å². The lowest BCUT2D eigenvalue weighted by Crippen LogP contribution is -2.03. The Balaban J connectivity index is 2.32. The van der Waals surface area contributed by atoms with Crippen molar-refractivity contribution in [2.75, 3.05) is 11.9 Å². The summed E-state index contributed by atoms with van der Waals surface area (Å²) in [7, 11) is 0. The van der Waals surface area contributed by atoms with Gasteiger partial charge in [-0.2, -0.15) is 5.10 Å². The zero-order chi connectivity index (χ0) is 10.7. The van der Waals surface area contributed by atoms with Crippen LogP contribution in [0.25, 0.3) is 5.82 Å². The quantitative estimate of drug-likeness (QED) is 0.923. The number of hydrogen-bond donors (Lipinski definition) is 1. The van der Waals surface area contributed by atoms with E-state index in [4.69, 9.17) is 0 Å². The smallest absolute Gasteiger partial charge is 0.158 e. The Hall–Kier alpha value is -1.43. The van der Waals surface area contributed by atoms with Crippen molar-refractivity contribution in [2.45, 2.75) is 6.92 Å². The maximum atomic E-state index is 4.14. The molecule has 2 heterocycles. The SMILES string of the molecule is CCNc1cc(-n2cc(Br)cn2)ncn1. The van der Waals surface area contributed by atoms with Crippen LogP contribution < -0.4 is 5.32 Å². The van der Waals surface area contributed by atoms with E-state index in [-0.39, 0.29) is 0 Å². The predicted octanol–water partition coefficient (Wildman–Crippen LogP) is 1.86. The van der Waals surface area contributed by atoms with Gasteiger partial charge in [-0.25, -0.2) is 14.6 Å². The van der Waals surface area contributed by atoms with Crippen LogP contribution in [0.15, 0.2) is 29.3 Å². The first kappa shape index (κ1) is 10.1. The highest BCUT2D eigenvalue weighted by atomic mass is 79.9. The topological polar surface area (TPSA) is 55.6 Å². The average Bonchev–Trinajstić information content (AvgIpc) is 2.66. The number of aromatic nitrogens is 4. The molecule has 0 saturated heterocycles. The van der Waals surface area contributed by atoms with E-state index in [1.807, 2.05) is 19.2 Å². The van der Waals surface area contributed by atoms with Crippen molar-refractivity contribution in [3.05, 3.63) is 29.3 Å². The van der Waals surface area contributed by atoms with Gasteiger partial charge in [-0.3, -0.25) is 0 Å². The van der Waals surface area contributed by atoms with Crippen molar-refractivity contribution < 1.29 is 0 Å². The van der Waals surface area contributed by atoms with Crippen LogP contribution in [0.3, 0.4) is 0 Å². The summed E-state index contributed by atoms with van der Waals surface area (Å²) in [6.07, 6.45) is 5.08. The van der Waals surface area contributed by atoms with Gasteiger partial charge in [-0.05, 0) is 22.9 Å². The summed E-state index contributed by atoms with van der Waals surface area (Å²) < 4.78 is 2.61. The van der Waals surface area contributed by atoms with Gasteiger partial charge in [-0.15, -0.1) is 0 Å². The molecule has 1 N–H and O–H groups in total. The molecule has 0 atom stereocenters. The number of nitrogens with one attached hydrogen (secondary N) is 1. The predicted molar refractivity (Wildman–Crippen MR) is 61.0 cm³/mol. The minimum absolute atomic E-state index is 0.742. The first-order valence-corrected chi connectivity index (χ1v) is 5.35. The molecule has 0 unspecified atom stereocenters. The Morgan fingerprint density at radius 3 is 3.00 bits per heavy atom. The summed E-state index contributed by atoms with van der Waals surface area (Å²) in [4.78, 5) is 8.22. The molecule has 0 bridgehead atoms. The second-order valence-electron chi connectivity index (χ2n) is 2.89. The summed E-state index contributed by atoms with van der Waals surface area (Å²) in [5.74, 6) is 1.54. The second-order valence-corrected chi connectivity index (χ2v) is 3.81. The average molecular weight is 268 g/mol. The fourth-order valence-electron chi connectivity index (χ4n) is 1.18. The van der Waals surface area contributed by atoms with Crippen LogP contribution in [-0.4, -0.2) is 26.3 Å². The zero-order valence-corrected chi connectivity index (χ0v) is 9.77. The van der Waals surface area contributed by atoms with E-state index in [1.165, 1.54) is 6.33 Å². The summed E-state index contributed by atoms with van der Waals surface area (Å²) >= 11 is 3.34. The van der Waals surface area contributed by atoms with Gasteiger partial charge in [0.25, 0.3) is 0 Å². The van der Waals surface area contributed by atoms with Crippen LogP contribution in [0.5, 0.6) is 0 Å². The van der Waals surface area contributed by atoms with Crippen LogP contribution in [0.1, 0.15) is 6.92 Å². The van der Waals surface area contributed by atoms with Gasteiger partial charge in [0.2, 0.25) is 0 Å². The van der Waals surface area contributed by atoms with Gasteiger partial charge in [0.15, 0.2) is 5.82 Å². The largest absolute Gasteiger partial charge is 0.370 e. The van der Waals surface area contributed by atoms with Crippen molar-refractivity contribution in [3.8, 4) is 5.82 Å². The number of rotatable bonds is 3. The Bertz CT molecular complexity index is 453. The molecular formula is C9H10BrN5. The molecule has 0 aliphatic carbocycles. The third-order valence-corrected chi connectivity index (χ3v) is 2.21. The molecule has 15 heavy (non-hydrogen) atoms. The summed E-state index contributed by atoms with van der Waals surface area (Å²) in [6, 6.07) is 1.85. The molecule has 78 valence electrons. The van der Waals surface area contributed by atoms with E-state index in [0.717, 1.165) is 22.7 Å². The van der Waals surface area contributed by atoms with E-state index >= 15 is 0 Å². The molecule has 2 aromatic heterocycles. The van der Waals surface area contributed by atoms with Crippen molar-refractivity contribution >= 4 is 21.7 Å². The molecule has 0 spiro atoms. The first-order valence-electron chi connectivity index (χ1n) is 4.56. The van der Waals surface area contributed by atoms with E-state index < -0.39 is 0 Å². The third kappa shape index (κ3) is 2.33. The Morgan fingerprint density at radius 1 is 1.47 bits per heavy atom. The zero-order valence-electron chi connectivity index (χ0n) is 8.18. The van der Waals surface area contributed by atoms with Gasteiger partial charge in [0, 0.05) is 18.8 Å². The Morgan fingerprint density at radius 2 is 2.33 bits per heavy atom. The fourth-order valence-corrected chi connectivity index (χ4v) is 1.46. The first-order chi connectivity index (χ1) is 7.29. The lowest BCUT2D eigenvalue weighted by molar-refractivity contribution is 0.839. The third-order valence-electron chi connectivity index (χ3n) is 1.80. The van der Waals surface area contributed by atoms with Crippen LogP contribution in [0, 0.1) is 0 Å². The van der Waals surface area contributed by atoms with E-state index in [9.17, 15) is 0 Å². The molecule has 2 rings (SSSR count). The molecule has 0 fully saturated rings. The van der Waals surface area contributed by atoms with E-state index in [1.54, 1.807) is 10.9 Å². The normalized spacial score (nSPS) is 10.3. The minimum atomic E-state index is 0.742. The molecule has 0 aliphatic heterocycles. The molecular weight excluding hydrogens is 258 g/mol. The van der Waals surface area contributed by atoms with Crippen molar-refractivity contribution in [3.63, 3.8) is 0 Å². The van der Waals surface area contributed by atoms with Crippen molar-refractivity contribution in [1.82, 2.24) is 19.7 Å². The second kappa shape index (κ2) is 4.39. The highest BCUT2D eigenvalue weighted by Crippen LogP contribution is 2.12. The number of anilines is 1. The van der Waals surface area contributed by atoms with Crippen molar-refractivity contribution in [1.29, 1.82) is 0 Å². The molecule has 0 radical (unpaired) electrons. The Labute approximate surface area is 95.7 Å². The van der Waals surface area contributed by atoms with E-state index in [0.29, 0.717) is 0 Å². The van der Waals surface area contributed by atoms with Crippen LogP contribution in [-0.2, 0) is 0 Å². The maximum absolute atomic E-state index is 4.14. The molecule has 0 amide bonds. The van der Waals surface area contributed by atoms with Gasteiger partial charge < -0.3 is 5.32 Å². The lowest BCUT2D eigenvalue weighted by Gasteiger charge is -2.03. The summed E-state index contributed by atoms with van der Waals surface area (Å²) in [5.41, 5.74) is 0. The minimum Gasteiger partial charge on any atom is -0.370 e. The van der Waals surface area contributed by atoms with Crippen LogP contribution in [0.2, 0.25) is 0 Å². The number of nitrogens with zero attached hydrogens (tertiary/aromatic N) is 4. The molecule has 2 aromatic rings. The Kier molecular flexibility index (Phi) is 2.96. The summed E-state index contributed by atoms with van der Waals surface area (Å²) in [6.45, 7) is 2.85. The van der Waals surface area contributed by atoms with Crippen LogP contribution in [0.4, 0.5) is 5.82 Å². The highest BCUT2D eigenvalue weighted by Gasteiger charge is 2.01. The van der Waals surface area contributed by atoms with Gasteiger partial charge in [0.1, 0.15) is 12.1 Å². The van der Waals surface area contributed by atoms with E-state index in [2.05, 4.69) is 36.3 Å². The molecule has 6 heteroatoms. The highest BCUT2D eigenvalue weighted by molar-refractivity contribution is 9.10. The van der Waals surface area contributed by atoms with Gasteiger partial charge >= 0.3 is 0 Å². The fraction of sp³-hybridized carbons (Fsp3) is 0.222. The standard InChI is InChI=1S/C9H10BrN5/c1-2-11-8-3-9(13-6-12-8)15-5-7(10)4-14-15/h3-6H,2H2,1H3,(H,11,12,13). The van der Waals surface area contributed by atoms with Crippen LogP contribution >= 0.6 is 15.9 Å². The lowest BCUT2D eigenvalue weighted by atomic mass is 10.5. The maximum Gasteiger partial charge on any atom is 0.158 e. The summed E-state index contributed by atoms with van der Waals surface area (Å²) in [5, 5.41) is 7.26.